The minimum absolute atomic E-state index is 0.153. The predicted octanol–water partition coefficient (Wildman–Crippen LogP) is 0.473. The minimum atomic E-state index is -0.408. The number of carbonyl (C=O) groups is 1. The first-order valence-corrected chi connectivity index (χ1v) is 5.51. The van der Waals surface area contributed by atoms with E-state index in [2.05, 4.69) is 15.8 Å². The van der Waals surface area contributed by atoms with Crippen LogP contribution in [0.4, 0.5) is 0 Å². The van der Waals surface area contributed by atoms with Crippen LogP contribution in [0.15, 0.2) is 23.2 Å². The maximum absolute atomic E-state index is 11.3. The fourth-order valence-electron chi connectivity index (χ4n) is 1.64. The third-order valence-corrected chi connectivity index (χ3v) is 2.66. The molecule has 0 aromatic heterocycles. The summed E-state index contributed by atoms with van der Waals surface area (Å²) in [5.74, 6) is 1.71. The summed E-state index contributed by atoms with van der Waals surface area (Å²) < 4.78 is 10.4. The second-order valence-electron chi connectivity index (χ2n) is 3.84. The van der Waals surface area contributed by atoms with E-state index in [4.69, 9.17) is 9.47 Å². The normalized spacial score (nSPS) is 18.5. The quantitative estimate of drug-likeness (QED) is 0.817. The number of carbonyl (C=O) groups excluding carboxylic acids is 1. The molecule has 0 bridgehead atoms. The summed E-state index contributed by atoms with van der Waals surface area (Å²) >= 11 is 0. The molecule has 0 fully saturated rings. The van der Waals surface area contributed by atoms with E-state index < -0.39 is 6.04 Å². The van der Waals surface area contributed by atoms with E-state index in [-0.39, 0.29) is 5.91 Å². The summed E-state index contributed by atoms with van der Waals surface area (Å²) in [4.78, 5) is 15.5. The lowest BCUT2D eigenvalue weighted by atomic mass is 10.1. The van der Waals surface area contributed by atoms with Gasteiger partial charge >= 0.3 is 0 Å². The lowest BCUT2D eigenvalue weighted by Crippen LogP contribution is -2.50. The van der Waals surface area contributed by atoms with Crippen LogP contribution in [0, 0.1) is 0 Å². The van der Waals surface area contributed by atoms with Gasteiger partial charge in [-0.1, -0.05) is 0 Å². The van der Waals surface area contributed by atoms with Gasteiger partial charge in [-0.3, -0.25) is 20.6 Å². The molecule has 2 rings (SSSR count). The third-order valence-electron chi connectivity index (χ3n) is 2.66. The van der Waals surface area contributed by atoms with Gasteiger partial charge in [0.25, 0.3) is 5.91 Å². The summed E-state index contributed by atoms with van der Waals surface area (Å²) in [6.07, 6.45) is 0. The van der Waals surface area contributed by atoms with Crippen molar-refractivity contribution in [2.75, 3.05) is 14.2 Å². The lowest BCUT2D eigenvalue weighted by Gasteiger charge is -2.20. The Morgan fingerprint density at radius 1 is 1.17 bits per heavy atom. The number of ether oxygens (including phenoxy) is 2. The molecular formula is C12H15N3O3. The second kappa shape index (κ2) is 4.95. The van der Waals surface area contributed by atoms with Crippen LogP contribution in [-0.4, -0.2) is 32.0 Å². The number of benzene rings is 1. The second-order valence-corrected chi connectivity index (χ2v) is 3.84. The van der Waals surface area contributed by atoms with Gasteiger partial charge < -0.3 is 9.47 Å². The Balaban J connectivity index is 2.34. The maximum atomic E-state index is 11.3. The maximum Gasteiger partial charge on any atom is 0.262 e. The number of aliphatic imine (C=N–C) groups is 1. The minimum Gasteiger partial charge on any atom is -0.493 e. The summed E-state index contributed by atoms with van der Waals surface area (Å²) in [7, 11) is 3.15. The van der Waals surface area contributed by atoms with E-state index in [1.54, 1.807) is 33.3 Å². The average molecular weight is 249 g/mol. The van der Waals surface area contributed by atoms with Gasteiger partial charge in [-0.25, -0.2) is 0 Å². The number of amides is 1. The first kappa shape index (κ1) is 12.2. The van der Waals surface area contributed by atoms with Gasteiger partial charge in [0.1, 0.15) is 11.9 Å². The molecule has 1 atom stereocenters. The molecule has 18 heavy (non-hydrogen) atoms. The van der Waals surface area contributed by atoms with Crippen LogP contribution >= 0.6 is 0 Å². The standard InChI is InChI=1S/C12H15N3O3/c1-7-12(16)15-14-11(13-7)8-4-5-9(17-2)10(6-8)18-3/h4-7H,1-3H3,(H,13,14)(H,15,16). The Labute approximate surface area is 105 Å². The van der Waals surface area contributed by atoms with Crippen molar-refractivity contribution in [3.05, 3.63) is 23.8 Å². The number of nitrogens with zero attached hydrogens (tertiary/aromatic N) is 1. The molecule has 1 aliphatic rings. The molecule has 1 amide bonds. The summed E-state index contributed by atoms with van der Waals surface area (Å²) in [5, 5.41) is 0. The third kappa shape index (κ3) is 2.22. The number of methoxy groups -OCH3 is 2. The highest BCUT2D eigenvalue weighted by atomic mass is 16.5. The summed E-state index contributed by atoms with van der Waals surface area (Å²) in [6.45, 7) is 1.73. The van der Waals surface area contributed by atoms with Crippen LogP contribution in [0.1, 0.15) is 12.5 Å². The molecule has 1 unspecified atom stereocenters. The number of hydrazine groups is 1. The van der Waals surface area contributed by atoms with Crippen LogP contribution in [0.25, 0.3) is 0 Å². The first-order chi connectivity index (χ1) is 8.65. The van der Waals surface area contributed by atoms with E-state index in [1.165, 1.54) is 0 Å². The molecule has 1 aromatic carbocycles. The monoisotopic (exact) mass is 249 g/mol. The van der Waals surface area contributed by atoms with E-state index in [0.717, 1.165) is 5.56 Å². The highest BCUT2D eigenvalue weighted by molar-refractivity contribution is 6.03. The molecule has 1 aromatic rings. The van der Waals surface area contributed by atoms with Crippen molar-refractivity contribution >= 4 is 11.7 Å². The van der Waals surface area contributed by atoms with Crippen LogP contribution in [0.3, 0.4) is 0 Å². The topological polar surface area (TPSA) is 72.0 Å². The molecule has 96 valence electrons. The van der Waals surface area contributed by atoms with Crippen LogP contribution in [-0.2, 0) is 4.79 Å². The number of amidine groups is 1. The van der Waals surface area contributed by atoms with Crippen molar-refractivity contribution in [1.82, 2.24) is 10.9 Å². The van der Waals surface area contributed by atoms with Crippen molar-refractivity contribution < 1.29 is 14.3 Å². The van der Waals surface area contributed by atoms with E-state index >= 15 is 0 Å². The Morgan fingerprint density at radius 3 is 2.50 bits per heavy atom. The van der Waals surface area contributed by atoms with Crippen LogP contribution in [0.5, 0.6) is 11.5 Å². The van der Waals surface area contributed by atoms with E-state index in [0.29, 0.717) is 17.3 Å². The molecule has 1 aliphatic heterocycles. The SMILES string of the molecule is COc1ccc(C2=NC(C)C(=O)NN2)cc1OC. The van der Waals surface area contributed by atoms with Gasteiger partial charge in [0, 0.05) is 5.56 Å². The fourth-order valence-corrected chi connectivity index (χ4v) is 1.64. The van der Waals surface area contributed by atoms with Crippen molar-refractivity contribution in [1.29, 1.82) is 0 Å². The molecule has 0 aliphatic carbocycles. The number of hydrogen-bond donors (Lipinski definition) is 2. The summed E-state index contributed by atoms with van der Waals surface area (Å²) in [5.41, 5.74) is 6.13. The number of rotatable bonds is 3. The van der Waals surface area contributed by atoms with E-state index in [1.807, 2.05) is 6.07 Å². The largest absolute Gasteiger partial charge is 0.493 e. The Kier molecular flexibility index (Phi) is 3.36. The molecule has 0 saturated heterocycles. The first-order valence-electron chi connectivity index (χ1n) is 5.51. The fraction of sp³-hybridized carbons (Fsp3) is 0.333. The van der Waals surface area contributed by atoms with Crippen molar-refractivity contribution in [2.24, 2.45) is 4.99 Å². The highest BCUT2D eigenvalue weighted by Crippen LogP contribution is 2.27. The molecule has 6 nitrogen and oxygen atoms in total. The molecular weight excluding hydrogens is 234 g/mol. The Bertz CT molecular complexity index is 499. The van der Waals surface area contributed by atoms with Crippen LogP contribution in [0.2, 0.25) is 0 Å². The highest BCUT2D eigenvalue weighted by Gasteiger charge is 2.19. The van der Waals surface area contributed by atoms with Crippen molar-refractivity contribution in [3.63, 3.8) is 0 Å². The zero-order chi connectivity index (χ0) is 13.1. The Morgan fingerprint density at radius 2 is 1.89 bits per heavy atom. The predicted molar refractivity (Wildman–Crippen MR) is 66.8 cm³/mol. The van der Waals surface area contributed by atoms with Gasteiger partial charge in [-0.05, 0) is 25.1 Å². The lowest BCUT2D eigenvalue weighted by molar-refractivity contribution is -0.122. The molecule has 6 heteroatoms. The summed E-state index contributed by atoms with van der Waals surface area (Å²) in [6, 6.07) is 5.03. The van der Waals surface area contributed by atoms with Gasteiger partial charge in [0.05, 0.1) is 14.2 Å². The van der Waals surface area contributed by atoms with Gasteiger partial charge in [-0.2, -0.15) is 0 Å². The number of nitrogens with one attached hydrogen (secondary N) is 2. The molecule has 0 saturated carbocycles. The smallest absolute Gasteiger partial charge is 0.262 e. The zero-order valence-electron chi connectivity index (χ0n) is 10.5. The molecule has 2 N–H and O–H groups in total. The van der Waals surface area contributed by atoms with Gasteiger partial charge in [0.2, 0.25) is 0 Å². The molecule has 0 radical (unpaired) electrons. The van der Waals surface area contributed by atoms with Crippen LogP contribution < -0.4 is 20.3 Å². The van der Waals surface area contributed by atoms with E-state index in [9.17, 15) is 4.79 Å². The van der Waals surface area contributed by atoms with Gasteiger partial charge in [-0.15, -0.1) is 0 Å². The molecule has 1 heterocycles. The zero-order valence-corrected chi connectivity index (χ0v) is 10.5. The average Bonchev–Trinajstić information content (AvgIpc) is 2.41. The Hall–Kier alpha value is -2.24. The van der Waals surface area contributed by atoms with Gasteiger partial charge in [0.15, 0.2) is 11.5 Å². The number of hydrogen-bond acceptors (Lipinski definition) is 5. The van der Waals surface area contributed by atoms with Crippen molar-refractivity contribution in [3.8, 4) is 11.5 Å². The van der Waals surface area contributed by atoms with Crippen molar-refractivity contribution in [2.45, 2.75) is 13.0 Å². The molecule has 0 spiro atoms.